The summed E-state index contributed by atoms with van der Waals surface area (Å²) in [5.41, 5.74) is 6.43. The lowest BCUT2D eigenvalue weighted by molar-refractivity contribution is -0.161. The molecule has 206 valence electrons. The van der Waals surface area contributed by atoms with Crippen LogP contribution in [0.3, 0.4) is 0 Å². The minimum absolute atomic E-state index is 0. The quantitative estimate of drug-likeness (QED) is 0.409. The Morgan fingerprint density at radius 1 is 0.757 bits per heavy atom. The van der Waals surface area contributed by atoms with E-state index in [0.29, 0.717) is 0 Å². The molecule has 0 unspecified atom stereocenters. The SMILES string of the molecule is COC(=O)C12CCC(N)(CC1)CC2.COC(=O)C12CCC(NC(=O)OCc3ccccc3)(CC1)CC2.Cl. The van der Waals surface area contributed by atoms with Crippen molar-refractivity contribution >= 4 is 30.4 Å². The number of ether oxygens (including phenoxy) is 3. The summed E-state index contributed by atoms with van der Waals surface area (Å²) in [5.74, 6) is -0.119. The van der Waals surface area contributed by atoms with Crippen molar-refractivity contribution in [3.8, 4) is 0 Å². The Morgan fingerprint density at radius 3 is 1.62 bits per heavy atom. The van der Waals surface area contributed by atoms with Crippen LogP contribution in [0.25, 0.3) is 0 Å². The standard InChI is InChI=1S/C18H23NO4.C10H17NO2.ClH/c1-22-15(20)17-7-10-18(11-8-17,12-9-17)19-16(21)23-13-14-5-3-2-4-6-14;1-13-8(12)9-2-5-10(11,6-3-9)7-4-9;/h2-6H,7-13H2,1H3,(H,19,21);2-7,11H2,1H3;1H. The maximum absolute atomic E-state index is 12.1. The van der Waals surface area contributed by atoms with Gasteiger partial charge in [-0.1, -0.05) is 30.3 Å². The third-order valence-corrected chi connectivity index (χ3v) is 9.37. The van der Waals surface area contributed by atoms with Crippen LogP contribution in [-0.4, -0.2) is 43.3 Å². The molecule has 1 aromatic rings. The molecule has 0 aliphatic heterocycles. The van der Waals surface area contributed by atoms with Crippen molar-refractivity contribution in [3.05, 3.63) is 35.9 Å². The minimum Gasteiger partial charge on any atom is -0.469 e. The first-order chi connectivity index (χ1) is 17.2. The Balaban J connectivity index is 0.000000231. The van der Waals surface area contributed by atoms with Crippen LogP contribution in [0.15, 0.2) is 30.3 Å². The number of amides is 1. The highest BCUT2D eigenvalue weighted by Crippen LogP contribution is 2.53. The Bertz CT molecular complexity index is 920. The van der Waals surface area contributed by atoms with Crippen LogP contribution < -0.4 is 11.1 Å². The van der Waals surface area contributed by atoms with Crippen LogP contribution in [0.1, 0.15) is 82.6 Å². The molecule has 1 aromatic carbocycles. The van der Waals surface area contributed by atoms with Gasteiger partial charge in [0.25, 0.3) is 0 Å². The molecular weight excluding hydrogens is 496 g/mol. The number of nitrogens with two attached hydrogens (primary N) is 1. The highest BCUT2D eigenvalue weighted by atomic mass is 35.5. The second-order valence-corrected chi connectivity index (χ2v) is 11.4. The molecule has 7 rings (SSSR count). The zero-order valence-corrected chi connectivity index (χ0v) is 22.8. The number of benzene rings is 1. The monoisotopic (exact) mass is 536 g/mol. The first-order valence-electron chi connectivity index (χ1n) is 13.1. The molecular formula is C28H41ClN2O6. The van der Waals surface area contributed by atoms with Crippen molar-refractivity contribution in [2.45, 2.75) is 94.7 Å². The molecule has 6 fully saturated rings. The van der Waals surface area contributed by atoms with E-state index >= 15 is 0 Å². The van der Waals surface area contributed by atoms with Gasteiger partial charge in [-0.25, -0.2) is 4.79 Å². The lowest BCUT2D eigenvalue weighted by Gasteiger charge is -2.51. The van der Waals surface area contributed by atoms with Crippen molar-refractivity contribution < 1.29 is 28.6 Å². The van der Waals surface area contributed by atoms with Gasteiger partial charge in [0.2, 0.25) is 0 Å². The van der Waals surface area contributed by atoms with Gasteiger partial charge in [-0.3, -0.25) is 9.59 Å². The summed E-state index contributed by atoms with van der Waals surface area (Å²) in [7, 11) is 2.93. The van der Waals surface area contributed by atoms with Crippen LogP contribution >= 0.6 is 12.4 Å². The number of hydrogen-bond acceptors (Lipinski definition) is 7. The van der Waals surface area contributed by atoms with E-state index in [1.807, 2.05) is 30.3 Å². The van der Waals surface area contributed by atoms with Crippen LogP contribution in [0, 0.1) is 10.8 Å². The number of esters is 2. The fraction of sp³-hybridized carbons (Fsp3) is 0.679. The molecule has 0 heterocycles. The van der Waals surface area contributed by atoms with Crippen molar-refractivity contribution in [1.82, 2.24) is 5.32 Å². The first-order valence-corrected chi connectivity index (χ1v) is 13.1. The molecule has 1 amide bonds. The van der Waals surface area contributed by atoms with Gasteiger partial charge in [-0.15, -0.1) is 12.4 Å². The van der Waals surface area contributed by atoms with Crippen molar-refractivity contribution in [2.24, 2.45) is 16.6 Å². The number of methoxy groups -OCH3 is 2. The molecule has 9 heteroatoms. The van der Waals surface area contributed by atoms with Gasteiger partial charge in [-0.05, 0) is 82.6 Å². The zero-order valence-electron chi connectivity index (χ0n) is 22.0. The Morgan fingerprint density at radius 2 is 1.19 bits per heavy atom. The normalized spacial score (nSPS) is 33.2. The third-order valence-electron chi connectivity index (χ3n) is 9.37. The molecule has 4 bridgehead atoms. The lowest BCUT2D eigenvalue weighted by atomic mass is 9.57. The summed E-state index contributed by atoms with van der Waals surface area (Å²) in [5, 5.41) is 3.05. The second-order valence-electron chi connectivity index (χ2n) is 11.4. The molecule has 3 N–H and O–H groups in total. The van der Waals surface area contributed by atoms with Gasteiger partial charge in [-0.2, -0.15) is 0 Å². The molecule has 0 atom stereocenters. The van der Waals surface area contributed by atoms with E-state index in [-0.39, 0.29) is 59.0 Å². The minimum atomic E-state index is -0.374. The van der Waals surface area contributed by atoms with Crippen molar-refractivity contribution in [3.63, 3.8) is 0 Å². The average molecular weight is 537 g/mol. The van der Waals surface area contributed by atoms with Gasteiger partial charge in [0.15, 0.2) is 0 Å². The fourth-order valence-corrected chi connectivity index (χ4v) is 6.61. The van der Waals surface area contributed by atoms with Gasteiger partial charge >= 0.3 is 18.0 Å². The van der Waals surface area contributed by atoms with E-state index in [2.05, 4.69) is 5.32 Å². The van der Waals surface area contributed by atoms with Crippen LogP contribution in [-0.2, 0) is 30.4 Å². The molecule has 37 heavy (non-hydrogen) atoms. The van der Waals surface area contributed by atoms with Gasteiger partial charge in [0, 0.05) is 11.1 Å². The van der Waals surface area contributed by atoms with Gasteiger partial charge in [0.1, 0.15) is 6.61 Å². The number of halogens is 1. The summed E-state index contributed by atoms with van der Waals surface area (Å²) < 4.78 is 15.1. The van der Waals surface area contributed by atoms with E-state index in [1.54, 1.807) is 0 Å². The molecule has 0 spiro atoms. The maximum Gasteiger partial charge on any atom is 0.407 e. The van der Waals surface area contributed by atoms with Crippen LogP contribution in [0.5, 0.6) is 0 Å². The lowest BCUT2D eigenvalue weighted by Crippen LogP contribution is -2.58. The molecule has 6 saturated carbocycles. The number of nitrogens with one attached hydrogen (secondary N) is 1. The van der Waals surface area contributed by atoms with Gasteiger partial charge < -0.3 is 25.3 Å². The van der Waals surface area contributed by atoms with Crippen molar-refractivity contribution in [2.75, 3.05) is 14.2 Å². The van der Waals surface area contributed by atoms with E-state index in [1.165, 1.54) is 14.2 Å². The maximum atomic E-state index is 12.1. The predicted octanol–water partition coefficient (Wildman–Crippen LogP) is 4.81. The number of hydrogen-bond donors (Lipinski definition) is 2. The molecule has 6 aliphatic carbocycles. The molecule has 6 aliphatic rings. The zero-order chi connectivity index (χ0) is 25.9. The smallest absolute Gasteiger partial charge is 0.407 e. The van der Waals surface area contributed by atoms with Gasteiger partial charge in [0.05, 0.1) is 25.0 Å². The number of carbonyl (C=O) groups is 3. The van der Waals surface area contributed by atoms with E-state index in [4.69, 9.17) is 19.9 Å². The fourth-order valence-electron chi connectivity index (χ4n) is 6.61. The summed E-state index contributed by atoms with van der Waals surface area (Å²) in [6.07, 6.45) is 10.1. The third kappa shape index (κ3) is 6.23. The Labute approximate surface area is 225 Å². The number of alkyl carbamates (subject to hydrolysis) is 1. The first kappa shape index (κ1) is 29.2. The highest BCUT2D eigenvalue weighted by Gasteiger charge is 2.54. The molecule has 0 aromatic heterocycles. The van der Waals surface area contributed by atoms with Crippen LogP contribution in [0.2, 0.25) is 0 Å². The summed E-state index contributed by atoms with van der Waals surface area (Å²) in [6.45, 7) is 0.273. The molecule has 8 nitrogen and oxygen atoms in total. The summed E-state index contributed by atoms with van der Waals surface area (Å²) >= 11 is 0. The second kappa shape index (κ2) is 11.6. The van der Waals surface area contributed by atoms with E-state index in [0.717, 1.165) is 82.6 Å². The molecule has 0 radical (unpaired) electrons. The van der Waals surface area contributed by atoms with Crippen LogP contribution in [0.4, 0.5) is 4.79 Å². The molecule has 0 saturated heterocycles. The number of fused-ring (bicyclic) bond motifs is 6. The Kier molecular flexibility index (Phi) is 9.17. The van der Waals surface area contributed by atoms with Crippen molar-refractivity contribution in [1.29, 1.82) is 0 Å². The Hall–Kier alpha value is -2.32. The average Bonchev–Trinajstić information content (AvgIpc) is 2.93. The predicted molar refractivity (Wildman–Crippen MR) is 141 cm³/mol. The summed E-state index contributed by atoms with van der Waals surface area (Å²) in [4.78, 5) is 35.7. The summed E-state index contributed by atoms with van der Waals surface area (Å²) in [6, 6.07) is 9.63. The van der Waals surface area contributed by atoms with E-state index in [9.17, 15) is 14.4 Å². The van der Waals surface area contributed by atoms with E-state index < -0.39 is 0 Å². The highest BCUT2D eigenvalue weighted by molar-refractivity contribution is 5.85. The largest absolute Gasteiger partial charge is 0.469 e. The number of rotatable bonds is 5. The number of carbonyl (C=O) groups excluding carboxylic acids is 3. The topological polar surface area (TPSA) is 117 Å².